The molecule has 1 fully saturated rings. The Balaban J connectivity index is 1.72. The van der Waals surface area contributed by atoms with E-state index >= 15 is 0 Å². The normalized spacial score (nSPS) is 15.9. The minimum Gasteiger partial charge on any atom is -0.296 e. The molecule has 1 aromatic rings. The quantitative estimate of drug-likeness (QED) is 0.546. The fourth-order valence-corrected chi connectivity index (χ4v) is 2.93. The van der Waals surface area contributed by atoms with Crippen molar-refractivity contribution in [3.05, 3.63) is 22.4 Å². The first-order valence-corrected chi connectivity index (χ1v) is 7.83. The molecule has 1 aromatic heterocycles. The summed E-state index contributed by atoms with van der Waals surface area (Å²) in [5.41, 5.74) is 1.49. The number of hydrogen-bond donors (Lipinski definition) is 1. The number of hydrogen-bond acceptors (Lipinski definition) is 3. The number of thiol groups is 1. The molecule has 0 aliphatic heterocycles. The molecule has 0 amide bonds. The van der Waals surface area contributed by atoms with Crippen LogP contribution in [0.5, 0.6) is 0 Å². The van der Waals surface area contributed by atoms with Crippen molar-refractivity contribution < 1.29 is 0 Å². The van der Waals surface area contributed by atoms with Gasteiger partial charge in [0.15, 0.2) is 0 Å². The highest BCUT2D eigenvalue weighted by molar-refractivity contribution is 7.80. The first-order valence-electron chi connectivity index (χ1n) is 6.26. The van der Waals surface area contributed by atoms with Crippen molar-refractivity contribution in [1.82, 2.24) is 4.90 Å². The summed E-state index contributed by atoms with van der Waals surface area (Å²) < 4.78 is 0. The second-order valence-corrected chi connectivity index (χ2v) is 5.84. The number of rotatable bonds is 8. The van der Waals surface area contributed by atoms with Crippen molar-refractivity contribution >= 4 is 24.0 Å². The molecule has 0 bridgehead atoms. The molecule has 0 spiro atoms. The summed E-state index contributed by atoms with van der Waals surface area (Å²) >= 11 is 6.07. The standard InChI is InChI=1S/C13H21NS2/c15-8-3-1-2-7-14(13-4-5-13)10-12-6-9-16-11-12/h6,9,11,13,15H,1-5,7-8,10H2. The summed E-state index contributed by atoms with van der Waals surface area (Å²) in [6, 6.07) is 3.14. The Kier molecular flexibility index (Phi) is 5.20. The fourth-order valence-electron chi connectivity index (χ4n) is 2.05. The molecule has 0 N–H and O–H groups in total. The van der Waals surface area contributed by atoms with Crippen LogP contribution in [-0.2, 0) is 6.54 Å². The minimum atomic E-state index is 0.885. The van der Waals surface area contributed by atoms with E-state index in [1.54, 1.807) is 0 Å². The van der Waals surface area contributed by atoms with Gasteiger partial charge in [0.2, 0.25) is 0 Å². The second-order valence-electron chi connectivity index (χ2n) is 4.62. The average molecular weight is 255 g/mol. The lowest BCUT2D eigenvalue weighted by Crippen LogP contribution is -2.26. The Morgan fingerprint density at radius 3 is 2.81 bits per heavy atom. The number of nitrogens with zero attached hydrogens (tertiary/aromatic N) is 1. The van der Waals surface area contributed by atoms with Gasteiger partial charge in [0.1, 0.15) is 0 Å². The molecule has 16 heavy (non-hydrogen) atoms. The summed E-state index contributed by atoms with van der Waals surface area (Å²) in [6.07, 6.45) is 6.75. The van der Waals surface area contributed by atoms with E-state index in [4.69, 9.17) is 0 Å². The molecular formula is C13H21NS2. The van der Waals surface area contributed by atoms with Gasteiger partial charge >= 0.3 is 0 Å². The lowest BCUT2D eigenvalue weighted by molar-refractivity contribution is 0.249. The van der Waals surface area contributed by atoms with Crippen LogP contribution in [0.15, 0.2) is 16.8 Å². The molecule has 0 atom stereocenters. The highest BCUT2D eigenvalue weighted by atomic mass is 32.1. The molecule has 1 aliphatic rings. The van der Waals surface area contributed by atoms with Gasteiger partial charge in [-0.25, -0.2) is 0 Å². The molecule has 1 heterocycles. The smallest absolute Gasteiger partial charge is 0.0244 e. The maximum atomic E-state index is 4.26. The van der Waals surface area contributed by atoms with E-state index in [0.29, 0.717) is 0 Å². The Labute approximate surface area is 108 Å². The summed E-state index contributed by atoms with van der Waals surface area (Å²) in [4.78, 5) is 2.67. The van der Waals surface area contributed by atoms with Gasteiger partial charge in [-0.3, -0.25) is 4.90 Å². The van der Waals surface area contributed by atoms with Crippen molar-refractivity contribution in [3.63, 3.8) is 0 Å². The molecule has 0 aromatic carbocycles. The number of unbranched alkanes of at least 4 members (excludes halogenated alkanes) is 2. The summed E-state index contributed by atoms with van der Waals surface area (Å²) in [6.45, 7) is 2.43. The zero-order chi connectivity index (χ0) is 11.2. The third kappa shape index (κ3) is 4.11. The zero-order valence-corrected chi connectivity index (χ0v) is 11.5. The van der Waals surface area contributed by atoms with Gasteiger partial charge in [0, 0.05) is 12.6 Å². The predicted octanol–water partition coefficient (Wildman–Crippen LogP) is 3.81. The third-order valence-electron chi connectivity index (χ3n) is 3.13. The van der Waals surface area contributed by atoms with Gasteiger partial charge in [0.25, 0.3) is 0 Å². The first kappa shape index (κ1) is 12.5. The SMILES string of the molecule is SCCCCCN(Cc1ccsc1)C1CC1. The van der Waals surface area contributed by atoms with E-state index in [1.165, 1.54) is 44.2 Å². The summed E-state index contributed by atoms with van der Waals surface area (Å²) in [5, 5.41) is 4.46. The van der Waals surface area contributed by atoms with Crippen molar-refractivity contribution in [2.75, 3.05) is 12.3 Å². The molecule has 1 saturated carbocycles. The van der Waals surface area contributed by atoms with Crippen LogP contribution >= 0.6 is 24.0 Å². The highest BCUT2D eigenvalue weighted by Crippen LogP contribution is 2.29. The van der Waals surface area contributed by atoms with E-state index < -0.39 is 0 Å². The largest absolute Gasteiger partial charge is 0.296 e. The zero-order valence-electron chi connectivity index (χ0n) is 9.77. The predicted molar refractivity (Wildman–Crippen MR) is 75.5 cm³/mol. The maximum Gasteiger partial charge on any atom is 0.0244 e. The Bertz CT molecular complexity index is 280. The topological polar surface area (TPSA) is 3.24 Å². The van der Waals surface area contributed by atoms with Crippen LogP contribution in [0.3, 0.4) is 0 Å². The Morgan fingerprint density at radius 2 is 2.19 bits per heavy atom. The van der Waals surface area contributed by atoms with Crippen molar-refractivity contribution in [1.29, 1.82) is 0 Å². The van der Waals surface area contributed by atoms with E-state index in [0.717, 1.165) is 18.3 Å². The van der Waals surface area contributed by atoms with E-state index in [-0.39, 0.29) is 0 Å². The molecule has 2 rings (SSSR count). The summed E-state index contributed by atoms with van der Waals surface area (Å²) in [7, 11) is 0. The maximum absolute atomic E-state index is 4.26. The molecule has 0 saturated heterocycles. The minimum absolute atomic E-state index is 0.885. The second kappa shape index (κ2) is 6.67. The Morgan fingerprint density at radius 1 is 1.31 bits per heavy atom. The van der Waals surface area contributed by atoms with E-state index in [9.17, 15) is 0 Å². The summed E-state index contributed by atoms with van der Waals surface area (Å²) in [5.74, 6) is 1.04. The van der Waals surface area contributed by atoms with Crippen LogP contribution < -0.4 is 0 Å². The van der Waals surface area contributed by atoms with Gasteiger partial charge in [0.05, 0.1) is 0 Å². The van der Waals surface area contributed by atoms with Crippen LogP contribution in [0.4, 0.5) is 0 Å². The third-order valence-corrected chi connectivity index (χ3v) is 4.18. The molecular weight excluding hydrogens is 234 g/mol. The van der Waals surface area contributed by atoms with Crippen LogP contribution in [0.25, 0.3) is 0 Å². The van der Waals surface area contributed by atoms with Crippen LogP contribution in [0, 0.1) is 0 Å². The van der Waals surface area contributed by atoms with Crippen molar-refractivity contribution in [2.24, 2.45) is 0 Å². The van der Waals surface area contributed by atoms with Gasteiger partial charge in [-0.1, -0.05) is 6.42 Å². The first-order chi connectivity index (χ1) is 7.90. The molecule has 90 valence electrons. The molecule has 1 nitrogen and oxygen atoms in total. The molecule has 1 aliphatic carbocycles. The van der Waals surface area contributed by atoms with Crippen molar-refractivity contribution in [2.45, 2.75) is 44.7 Å². The van der Waals surface area contributed by atoms with Gasteiger partial charge in [-0.15, -0.1) is 0 Å². The van der Waals surface area contributed by atoms with Gasteiger partial charge in [-0.2, -0.15) is 24.0 Å². The van der Waals surface area contributed by atoms with E-state index in [1.807, 2.05) is 11.3 Å². The van der Waals surface area contributed by atoms with Crippen molar-refractivity contribution in [3.8, 4) is 0 Å². The number of thiophene rings is 1. The fraction of sp³-hybridized carbons (Fsp3) is 0.692. The van der Waals surface area contributed by atoms with Gasteiger partial charge in [-0.05, 0) is 60.4 Å². The van der Waals surface area contributed by atoms with Crippen LogP contribution in [-0.4, -0.2) is 23.2 Å². The molecule has 3 heteroatoms. The van der Waals surface area contributed by atoms with E-state index in [2.05, 4.69) is 34.4 Å². The average Bonchev–Trinajstić information content (AvgIpc) is 3.02. The Hall–Kier alpha value is 0.01000. The lowest BCUT2D eigenvalue weighted by atomic mass is 10.2. The van der Waals surface area contributed by atoms with Crippen LogP contribution in [0.2, 0.25) is 0 Å². The van der Waals surface area contributed by atoms with Gasteiger partial charge < -0.3 is 0 Å². The molecule has 0 radical (unpaired) electrons. The van der Waals surface area contributed by atoms with Crippen LogP contribution in [0.1, 0.15) is 37.7 Å². The lowest BCUT2D eigenvalue weighted by Gasteiger charge is -2.21. The monoisotopic (exact) mass is 255 g/mol. The highest BCUT2D eigenvalue weighted by Gasteiger charge is 2.28. The molecule has 0 unspecified atom stereocenters.